The monoisotopic (exact) mass is 244 g/mol. The first-order valence-corrected chi connectivity index (χ1v) is 4.92. The van der Waals surface area contributed by atoms with Crippen LogP contribution < -0.4 is 5.73 Å². The van der Waals surface area contributed by atoms with Gasteiger partial charge in [0.2, 0.25) is 0 Å². The van der Waals surface area contributed by atoms with Gasteiger partial charge in [0, 0.05) is 12.7 Å². The predicted octanol–water partition coefficient (Wildman–Crippen LogP) is 0.873. The molecule has 0 atom stereocenters. The van der Waals surface area contributed by atoms with Crippen LogP contribution in [0.25, 0.3) is 0 Å². The first kappa shape index (κ1) is 13.3. The van der Waals surface area contributed by atoms with Crippen molar-refractivity contribution in [1.29, 1.82) is 0 Å². The maximum Gasteiger partial charge on any atom is 0.251 e. The van der Waals surface area contributed by atoms with E-state index in [1.807, 2.05) is 0 Å². The topological polar surface area (TPSA) is 74.7 Å². The molecule has 3 N–H and O–H groups in total. The molecule has 0 bridgehead atoms. The van der Waals surface area contributed by atoms with Crippen LogP contribution >= 0.6 is 0 Å². The highest BCUT2D eigenvalue weighted by molar-refractivity contribution is 5.95. The fraction of sp³-hybridized carbons (Fsp3) is 0.400. The number of amidine groups is 1. The van der Waals surface area contributed by atoms with Gasteiger partial charge in [0.15, 0.2) is 5.84 Å². The largest absolute Gasteiger partial charge is 0.409 e. The molecule has 1 aromatic heterocycles. The summed E-state index contributed by atoms with van der Waals surface area (Å²) in [5.74, 6) is -0.108. The molecule has 94 valence electrons. The van der Waals surface area contributed by atoms with Gasteiger partial charge in [-0.2, -0.15) is 0 Å². The Balaban J connectivity index is 2.72. The number of halogens is 2. The van der Waals surface area contributed by atoms with Crippen molar-refractivity contribution in [1.82, 2.24) is 9.88 Å². The average molecular weight is 244 g/mol. The van der Waals surface area contributed by atoms with E-state index in [4.69, 9.17) is 10.9 Å². The number of hydrogen-bond acceptors (Lipinski definition) is 4. The molecule has 1 aromatic rings. The van der Waals surface area contributed by atoms with E-state index in [0.717, 1.165) is 5.56 Å². The van der Waals surface area contributed by atoms with Crippen LogP contribution in [-0.2, 0) is 6.54 Å². The van der Waals surface area contributed by atoms with Gasteiger partial charge in [-0.1, -0.05) is 5.16 Å². The Hall–Kier alpha value is -1.76. The number of pyridine rings is 1. The van der Waals surface area contributed by atoms with Gasteiger partial charge in [0.05, 0.1) is 6.54 Å². The Morgan fingerprint density at radius 2 is 2.35 bits per heavy atom. The lowest BCUT2D eigenvalue weighted by atomic mass is 10.2. The minimum absolute atomic E-state index is 0.108. The summed E-state index contributed by atoms with van der Waals surface area (Å²) in [7, 11) is 1.59. The Morgan fingerprint density at radius 1 is 1.65 bits per heavy atom. The van der Waals surface area contributed by atoms with Gasteiger partial charge in [-0.15, -0.1) is 0 Å². The van der Waals surface area contributed by atoms with E-state index in [9.17, 15) is 8.78 Å². The molecule has 0 aromatic carbocycles. The minimum atomic E-state index is -2.37. The molecule has 0 aliphatic rings. The first-order valence-electron chi connectivity index (χ1n) is 4.92. The lowest BCUT2D eigenvalue weighted by molar-refractivity contribution is 0.0975. The zero-order valence-corrected chi connectivity index (χ0v) is 9.35. The van der Waals surface area contributed by atoms with E-state index in [1.54, 1.807) is 19.2 Å². The van der Waals surface area contributed by atoms with Crippen molar-refractivity contribution in [3.05, 3.63) is 29.6 Å². The van der Waals surface area contributed by atoms with Gasteiger partial charge in [-0.25, -0.2) is 8.78 Å². The van der Waals surface area contributed by atoms with Crippen molar-refractivity contribution in [3.8, 4) is 0 Å². The SMILES string of the molecule is CN(Cc1ccnc(/C(N)=N/O)c1)CC(F)F. The number of hydrogen-bond donors (Lipinski definition) is 2. The second-order valence-corrected chi connectivity index (χ2v) is 3.62. The quantitative estimate of drug-likeness (QED) is 0.349. The molecule has 7 heteroatoms. The van der Waals surface area contributed by atoms with Crippen molar-refractivity contribution in [2.75, 3.05) is 13.6 Å². The van der Waals surface area contributed by atoms with E-state index in [-0.39, 0.29) is 12.4 Å². The fourth-order valence-electron chi connectivity index (χ4n) is 1.38. The molecule has 0 unspecified atom stereocenters. The zero-order valence-electron chi connectivity index (χ0n) is 9.35. The smallest absolute Gasteiger partial charge is 0.251 e. The average Bonchev–Trinajstić information content (AvgIpc) is 2.27. The molecular weight excluding hydrogens is 230 g/mol. The van der Waals surface area contributed by atoms with E-state index in [1.165, 1.54) is 11.1 Å². The molecule has 0 saturated heterocycles. The van der Waals surface area contributed by atoms with Crippen molar-refractivity contribution >= 4 is 5.84 Å². The summed E-state index contributed by atoms with van der Waals surface area (Å²) in [5.41, 5.74) is 6.46. The molecule has 0 amide bonds. The Bertz CT molecular complexity index is 398. The Labute approximate surface area is 97.6 Å². The number of nitrogens with two attached hydrogens (primary N) is 1. The second-order valence-electron chi connectivity index (χ2n) is 3.62. The van der Waals surface area contributed by atoms with Gasteiger partial charge in [0.25, 0.3) is 6.43 Å². The van der Waals surface area contributed by atoms with Crippen molar-refractivity contribution in [2.45, 2.75) is 13.0 Å². The number of oxime groups is 1. The maximum absolute atomic E-state index is 12.1. The summed E-state index contributed by atoms with van der Waals surface area (Å²) in [6.45, 7) is 0.0415. The highest BCUT2D eigenvalue weighted by Gasteiger charge is 2.09. The molecule has 0 radical (unpaired) electrons. The predicted molar refractivity (Wildman–Crippen MR) is 59.1 cm³/mol. The van der Waals surface area contributed by atoms with Crippen LogP contribution in [0.15, 0.2) is 23.5 Å². The maximum atomic E-state index is 12.1. The number of aromatic nitrogens is 1. The number of nitrogens with zero attached hydrogens (tertiary/aromatic N) is 3. The normalized spacial score (nSPS) is 12.4. The third-order valence-electron chi connectivity index (χ3n) is 2.10. The molecule has 0 spiro atoms. The summed E-state index contributed by atoms with van der Waals surface area (Å²) in [6, 6.07) is 3.28. The van der Waals surface area contributed by atoms with Crippen LogP contribution in [0.2, 0.25) is 0 Å². The molecular formula is C10H14F2N4O. The highest BCUT2D eigenvalue weighted by atomic mass is 19.3. The van der Waals surface area contributed by atoms with Crippen LogP contribution in [0.3, 0.4) is 0 Å². The highest BCUT2D eigenvalue weighted by Crippen LogP contribution is 2.06. The number of rotatable bonds is 5. The van der Waals surface area contributed by atoms with Gasteiger partial charge >= 0.3 is 0 Å². The van der Waals surface area contributed by atoms with Gasteiger partial charge in [-0.3, -0.25) is 9.88 Å². The molecule has 0 saturated carbocycles. The molecule has 0 aliphatic carbocycles. The third-order valence-corrected chi connectivity index (χ3v) is 2.10. The summed E-state index contributed by atoms with van der Waals surface area (Å²) in [4.78, 5) is 5.38. The molecule has 1 heterocycles. The van der Waals surface area contributed by atoms with Gasteiger partial charge in [0.1, 0.15) is 5.69 Å². The van der Waals surface area contributed by atoms with E-state index >= 15 is 0 Å². The van der Waals surface area contributed by atoms with Gasteiger partial charge in [-0.05, 0) is 24.7 Å². The summed E-state index contributed by atoms with van der Waals surface area (Å²) in [6.07, 6.45) is -0.885. The lowest BCUT2D eigenvalue weighted by Gasteiger charge is -2.16. The summed E-state index contributed by atoms with van der Waals surface area (Å²) >= 11 is 0. The van der Waals surface area contributed by atoms with Crippen LogP contribution in [0.5, 0.6) is 0 Å². The second kappa shape index (κ2) is 6.09. The molecule has 17 heavy (non-hydrogen) atoms. The molecule has 5 nitrogen and oxygen atoms in total. The molecule has 0 fully saturated rings. The minimum Gasteiger partial charge on any atom is -0.409 e. The van der Waals surface area contributed by atoms with Gasteiger partial charge < -0.3 is 10.9 Å². The lowest BCUT2D eigenvalue weighted by Crippen LogP contribution is -2.24. The van der Waals surface area contributed by atoms with Crippen LogP contribution in [0.4, 0.5) is 8.78 Å². The first-order chi connectivity index (χ1) is 8.02. The van der Waals surface area contributed by atoms with Crippen molar-refractivity contribution in [2.24, 2.45) is 10.9 Å². The zero-order chi connectivity index (χ0) is 12.8. The summed E-state index contributed by atoms with van der Waals surface area (Å²) < 4.78 is 24.2. The fourth-order valence-corrected chi connectivity index (χ4v) is 1.38. The Morgan fingerprint density at radius 3 is 2.94 bits per heavy atom. The van der Waals surface area contributed by atoms with E-state index < -0.39 is 6.43 Å². The standard InChI is InChI=1S/C10H14F2N4O/c1-16(6-9(11)12)5-7-2-3-14-8(4-7)10(13)15-17/h2-4,9,17H,5-6H2,1H3,(H2,13,15). The van der Waals surface area contributed by atoms with E-state index in [2.05, 4.69) is 10.1 Å². The number of alkyl halides is 2. The van der Waals surface area contributed by atoms with Crippen LogP contribution in [0.1, 0.15) is 11.3 Å². The molecule has 1 rings (SSSR count). The van der Waals surface area contributed by atoms with Crippen LogP contribution in [-0.4, -0.2) is 40.9 Å². The summed E-state index contributed by atoms with van der Waals surface area (Å²) in [5, 5.41) is 11.3. The van der Waals surface area contributed by atoms with Crippen LogP contribution in [0, 0.1) is 0 Å². The molecule has 0 aliphatic heterocycles. The van der Waals surface area contributed by atoms with Crippen molar-refractivity contribution < 1.29 is 14.0 Å². The van der Waals surface area contributed by atoms with Crippen molar-refractivity contribution in [3.63, 3.8) is 0 Å². The third kappa shape index (κ3) is 4.31. The van der Waals surface area contributed by atoms with E-state index in [0.29, 0.717) is 12.2 Å². The Kier molecular flexibility index (Phi) is 4.77.